The van der Waals surface area contributed by atoms with Gasteiger partial charge in [0.15, 0.2) is 0 Å². The van der Waals surface area contributed by atoms with Crippen molar-refractivity contribution in [1.29, 1.82) is 0 Å². The number of nitrogens with one attached hydrogen (secondary N) is 1. The molecule has 1 aliphatic rings. The van der Waals surface area contributed by atoms with Crippen molar-refractivity contribution in [2.75, 3.05) is 11.9 Å². The summed E-state index contributed by atoms with van der Waals surface area (Å²) < 4.78 is 13.8. The van der Waals surface area contributed by atoms with Gasteiger partial charge in [0.25, 0.3) is 0 Å². The van der Waals surface area contributed by atoms with Crippen LogP contribution in [0.15, 0.2) is 53.9 Å². The predicted octanol–water partition coefficient (Wildman–Crippen LogP) is 6.37. The first-order chi connectivity index (χ1) is 13.0. The standard InChI is InChI=1S/C20H15Cl2FN2OS/c21-13-9-14(22)11-16(10-13)24-20(26)25-6-4-18-17(5-7-27-18)19(25)12-2-1-3-15(23)8-12/h1-3,5,7-11,19H,4,6H2,(H,24,26). The van der Waals surface area contributed by atoms with Crippen molar-refractivity contribution in [2.24, 2.45) is 0 Å². The van der Waals surface area contributed by atoms with Gasteiger partial charge < -0.3 is 10.2 Å². The molecule has 27 heavy (non-hydrogen) atoms. The van der Waals surface area contributed by atoms with E-state index in [9.17, 15) is 9.18 Å². The van der Waals surface area contributed by atoms with E-state index in [1.807, 2.05) is 17.5 Å². The van der Waals surface area contributed by atoms with Crippen LogP contribution in [0, 0.1) is 5.82 Å². The second-order valence-corrected chi connectivity index (χ2v) is 8.16. The zero-order chi connectivity index (χ0) is 19.0. The number of urea groups is 1. The largest absolute Gasteiger partial charge is 0.322 e. The van der Waals surface area contributed by atoms with Gasteiger partial charge in [-0.25, -0.2) is 9.18 Å². The van der Waals surface area contributed by atoms with Crippen LogP contribution in [0.4, 0.5) is 14.9 Å². The average Bonchev–Trinajstić information content (AvgIpc) is 3.08. The topological polar surface area (TPSA) is 32.3 Å². The summed E-state index contributed by atoms with van der Waals surface area (Å²) in [6, 6.07) is 12.7. The third kappa shape index (κ3) is 3.81. The van der Waals surface area contributed by atoms with E-state index < -0.39 is 0 Å². The molecular formula is C20H15Cl2FN2OS. The van der Waals surface area contributed by atoms with Gasteiger partial charge in [-0.05, 0) is 59.3 Å². The van der Waals surface area contributed by atoms with Crippen LogP contribution in [0.3, 0.4) is 0 Å². The molecule has 1 N–H and O–H groups in total. The highest BCUT2D eigenvalue weighted by molar-refractivity contribution is 7.10. The predicted molar refractivity (Wildman–Crippen MR) is 108 cm³/mol. The summed E-state index contributed by atoms with van der Waals surface area (Å²) in [5, 5.41) is 5.75. The van der Waals surface area contributed by atoms with Crippen LogP contribution in [0.5, 0.6) is 0 Å². The van der Waals surface area contributed by atoms with Crippen LogP contribution in [0.1, 0.15) is 22.0 Å². The molecule has 4 rings (SSSR count). The van der Waals surface area contributed by atoms with E-state index in [1.54, 1.807) is 40.5 Å². The van der Waals surface area contributed by atoms with Crippen molar-refractivity contribution >= 4 is 46.3 Å². The zero-order valence-electron chi connectivity index (χ0n) is 14.1. The highest BCUT2D eigenvalue weighted by Gasteiger charge is 2.33. The van der Waals surface area contributed by atoms with Gasteiger partial charge in [-0.3, -0.25) is 0 Å². The Morgan fingerprint density at radius 2 is 1.93 bits per heavy atom. The van der Waals surface area contributed by atoms with Crippen molar-refractivity contribution in [1.82, 2.24) is 4.90 Å². The summed E-state index contributed by atoms with van der Waals surface area (Å²) in [5.74, 6) is -0.322. The van der Waals surface area contributed by atoms with Crippen molar-refractivity contribution in [3.8, 4) is 0 Å². The number of carbonyl (C=O) groups is 1. The molecule has 0 spiro atoms. The Hall–Kier alpha value is -2.08. The molecule has 3 aromatic rings. The number of hydrogen-bond donors (Lipinski definition) is 1. The number of rotatable bonds is 2. The van der Waals surface area contributed by atoms with Crippen LogP contribution >= 0.6 is 34.5 Å². The maximum Gasteiger partial charge on any atom is 0.322 e. The number of hydrogen-bond acceptors (Lipinski definition) is 2. The number of amides is 2. The lowest BCUT2D eigenvalue weighted by molar-refractivity contribution is 0.194. The Bertz CT molecular complexity index is 987. The Kier molecular flexibility index (Phi) is 5.08. The number of thiophene rings is 1. The fourth-order valence-corrected chi connectivity index (χ4v) is 4.82. The molecule has 3 nitrogen and oxygen atoms in total. The monoisotopic (exact) mass is 420 g/mol. The first-order valence-electron chi connectivity index (χ1n) is 8.37. The van der Waals surface area contributed by atoms with Crippen LogP contribution in [-0.4, -0.2) is 17.5 Å². The highest BCUT2D eigenvalue weighted by Crippen LogP contribution is 2.38. The van der Waals surface area contributed by atoms with Gasteiger partial charge in [-0.2, -0.15) is 0 Å². The summed E-state index contributed by atoms with van der Waals surface area (Å²) in [4.78, 5) is 16.0. The molecule has 0 saturated carbocycles. The van der Waals surface area contributed by atoms with Crippen molar-refractivity contribution in [2.45, 2.75) is 12.5 Å². The van der Waals surface area contributed by atoms with E-state index in [-0.39, 0.29) is 17.9 Å². The van der Waals surface area contributed by atoms with Gasteiger partial charge in [-0.1, -0.05) is 35.3 Å². The van der Waals surface area contributed by atoms with Crippen LogP contribution in [0.2, 0.25) is 10.0 Å². The quantitative estimate of drug-likeness (QED) is 0.512. The van der Waals surface area contributed by atoms with E-state index in [1.165, 1.54) is 17.0 Å². The van der Waals surface area contributed by atoms with Gasteiger partial charge in [-0.15, -0.1) is 11.3 Å². The molecule has 1 aromatic heterocycles. The molecule has 0 radical (unpaired) electrons. The zero-order valence-corrected chi connectivity index (χ0v) is 16.4. The number of nitrogens with zero attached hydrogens (tertiary/aromatic N) is 1. The SMILES string of the molecule is O=C(Nc1cc(Cl)cc(Cl)c1)N1CCc2sccc2C1c1cccc(F)c1. The Labute approximate surface area is 170 Å². The summed E-state index contributed by atoms with van der Waals surface area (Å²) in [6.45, 7) is 0.537. The molecule has 0 fully saturated rings. The van der Waals surface area contributed by atoms with Crippen LogP contribution < -0.4 is 5.32 Å². The Morgan fingerprint density at radius 3 is 2.67 bits per heavy atom. The van der Waals surface area contributed by atoms with Crippen LogP contribution in [-0.2, 0) is 6.42 Å². The molecule has 0 saturated heterocycles. The van der Waals surface area contributed by atoms with Crippen LogP contribution in [0.25, 0.3) is 0 Å². The summed E-state index contributed by atoms with van der Waals surface area (Å²) in [6.07, 6.45) is 0.766. The number of anilines is 1. The molecule has 1 atom stereocenters. The fraction of sp³-hybridized carbons (Fsp3) is 0.150. The third-order valence-electron chi connectivity index (χ3n) is 4.51. The number of carbonyl (C=O) groups excluding carboxylic acids is 1. The smallest absolute Gasteiger partial charge is 0.313 e. The van der Waals surface area contributed by atoms with Crippen molar-refractivity contribution in [3.05, 3.63) is 85.8 Å². The minimum atomic E-state index is -0.342. The lowest BCUT2D eigenvalue weighted by atomic mass is 9.93. The first kappa shape index (κ1) is 18.3. The van der Waals surface area contributed by atoms with Crippen molar-refractivity contribution < 1.29 is 9.18 Å². The second kappa shape index (κ2) is 7.50. The van der Waals surface area contributed by atoms with Gasteiger partial charge >= 0.3 is 6.03 Å². The number of benzene rings is 2. The summed E-state index contributed by atoms with van der Waals surface area (Å²) in [7, 11) is 0. The fourth-order valence-electron chi connectivity index (χ4n) is 3.39. The normalized spacial score (nSPS) is 16.1. The Morgan fingerprint density at radius 1 is 1.15 bits per heavy atom. The van der Waals surface area contributed by atoms with E-state index in [0.717, 1.165) is 17.5 Å². The molecule has 2 amide bonds. The molecular weight excluding hydrogens is 406 g/mol. The minimum absolute atomic E-state index is 0.278. The molecule has 0 aliphatic carbocycles. The molecule has 1 unspecified atom stereocenters. The van der Waals surface area contributed by atoms with Gasteiger partial charge in [0.1, 0.15) is 5.82 Å². The van der Waals surface area contributed by atoms with E-state index in [2.05, 4.69) is 5.32 Å². The molecule has 2 aromatic carbocycles. The maximum absolute atomic E-state index is 13.8. The first-order valence-corrected chi connectivity index (χ1v) is 10.0. The second-order valence-electron chi connectivity index (χ2n) is 6.29. The molecule has 2 heterocycles. The van der Waals surface area contributed by atoms with E-state index in [0.29, 0.717) is 22.3 Å². The molecule has 0 bridgehead atoms. The van der Waals surface area contributed by atoms with E-state index >= 15 is 0 Å². The van der Waals surface area contributed by atoms with Gasteiger partial charge in [0, 0.05) is 27.2 Å². The average molecular weight is 421 g/mol. The molecule has 1 aliphatic heterocycles. The van der Waals surface area contributed by atoms with Gasteiger partial charge in [0.05, 0.1) is 6.04 Å². The lowest BCUT2D eigenvalue weighted by Gasteiger charge is -2.36. The third-order valence-corrected chi connectivity index (χ3v) is 5.94. The van der Waals surface area contributed by atoms with Crippen molar-refractivity contribution in [3.63, 3.8) is 0 Å². The summed E-state index contributed by atoms with van der Waals surface area (Å²) in [5.41, 5.74) is 2.30. The van der Waals surface area contributed by atoms with E-state index in [4.69, 9.17) is 23.2 Å². The summed E-state index contributed by atoms with van der Waals surface area (Å²) >= 11 is 13.7. The molecule has 7 heteroatoms. The number of fused-ring (bicyclic) bond motifs is 1. The minimum Gasteiger partial charge on any atom is -0.313 e. The molecule has 138 valence electrons. The maximum atomic E-state index is 13.8. The number of halogens is 3. The Balaban J connectivity index is 1.68. The lowest BCUT2D eigenvalue weighted by Crippen LogP contribution is -2.42. The highest BCUT2D eigenvalue weighted by atomic mass is 35.5. The van der Waals surface area contributed by atoms with Gasteiger partial charge in [0.2, 0.25) is 0 Å².